The van der Waals surface area contributed by atoms with E-state index in [4.69, 9.17) is 17.0 Å². The van der Waals surface area contributed by atoms with Gasteiger partial charge in [-0.1, -0.05) is 19.9 Å². The first-order valence-electron chi connectivity index (χ1n) is 8.20. The van der Waals surface area contributed by atoms with Crippen molar-refractivity contribution in [3.63, 3.8) is 0 Å². The van der Waals surface area contributed by atoms with Crippen LogP contribution in [0.25, 0.3) is 0 Å². The maximum absolute atomic E-state index is 12.8. The van der Waals surface area contributed by atoms with Crippen LogP contribution in [0, 0.1) is 12.7 Å². The summed E-state index contributed by atoms with van der Waals surface area (Å²) >= 11 is 5.05. The Balaban J connectivity index is 1.75. The Labute approximate surface area is 157 Å². The summed E-state index contributed by atoms with van der Waals surface area (Å²) in [5.41, 5.74) is 7.98. The molecule has 0 aromatic heterocycles. The molecule has 0 atom stereocenters. The first-order valence-corrected chi connectivity index (χ1v) is 8.60. The van der Waals surface area contributed by atoms with E-state index in [0.717, 1.165) is 5.56 Å². The van der Waals surface area contributed by atoms with Crippen molar-refractivity contribution >= 4 is 28.9 Å². The molecule has 1 amide bonds. The molecule has 0 bridgehead atoms. The van der Waals surface area contributed by atoms with Gasteiger partial charge in [0.1, 0.15) is 11.6 Å². The Bertz CT molecular complexity index is 779. The van der Waals surface area contributed by atoms with Crippen LogP contribution in [0.4, 0.5) is 10.1 Å². The van der Waals surface area contributed by atoms with Crippen molar-refractivity contribution in [2.24, 2.45) is 0 Å². The molecular weight excluding hydrogens is 353 g/mol. The van der Waals surface area contributed by atoms with Crippen LogP contribution in [-0.2, 0) is 4.79 Å². The van der Waals surface area contributed by atoms with E-state index in [0.29, 0.717) is 17.4 Å². The lowest BCUT2D eigenvalue weighted by Crippen LogP contribution is -2.45. The fourth-order valence-electron chi connectivity index (χ4n) is 2.39. The average Bonchev–Trinajstić information content (AvgIpc) is 2.60. The Kier molecular flexibility index (Phi) is 6.91. The normalized spacial score (nSPS) is 10.3. The molecular formula is C19H22FN3O2S. The molecule has 0 aliphatic rings. The van der Waals surface area contributed by atoms with Crippen LogP contribution < -0.4 is 20.9 Å². The SMILES string of the molecule is Cc1cc(OCC(=O)NNC(=S)Nc2ccc(F)cc2)ccc1C(C)C. The lowest BCUT2D eigenvalue weighted by molar-refractivity contribution is -0.123. The predicted molar refractivity (Wildman–Crippen MR) is 105 cm³/mol. The molecule has 0 radical (unpaired) electrons. The first kappa shape index (κ1) is 19.7. The van der Waals surface area contributed by atoms with Gasteiger partial charge >= 0.3 is 0 Å². The molecule has 0 heterocycles. The molecule has 0 aliphatic heterocycles. The van der Waals surface area contributed by atoms with E-state index in [1.54, 1.807) is 0 Å². The molecule has 3 N–H and O–H groups in total. The number of carbonyl (C=O) groups excluding carboxylic acids is 1. The monoisotopic (exact) mass is 375 g/mol. The third-order valence-electron chi connectivity index (χ3n) is 3.65. The van der Waals surface area contributed by atoms with Crippen LogP contribution in [-0.4, -0.2) is 17.6 Å². The summed E-state index contributed by atoms with van der Waals surface area (Å²) in [5.74, 6) is 0.357. The van der Waals surface area contributed by atoms with Gasteiger partial charge in [-0.15, -0.1) is 0 Å². The van der Waals surface area contributed by atoms with Crippen molar-refractivity contribution < 1.29 is 13.9 Å². The number of anilines is 1. The molecule has 2 rings (SSSR count). The molecule has 0 fully saturated rings. The van der Waals surface area contributed by atoms with Gasteiger partial charge in [0.05, 0.1) is 0 Å². The van der Waals surface area contributed by atoms with Gasteiger partial charge < -0.3 is 10.1 Å². The number of aryl methyl sites for hydroxylation is 1. The van der Waals surface area contributed by atoms with E-state index in [9.17, 15) is 9.18 Å². The Morgan fingerprint density at radius 1 is 1.15 bits per heavy atom. The van der Waals surface area contributed by atoms with Crippen LogP contribution in [0.5, 0.6) is 5.75 Å². The van der Waals surface area contributed by atoms with E-state index in [2.05, 4.69) is 30.0 Å². The van der Waals surface area contributed by atoms with E-state index < -0.39 is 0 Å². The number of rotatable bonds is 5. The Morgan fingerprint density at radius 3 is 2.46 bits per heavy atom. The molecule has 138 valence electrons. The van der Waals surface area contributed by atoms with Crippen molar-refractivity contribution in [1.82, 2.24) is 10.9 Å². The van der Waals surface area contributed by atoms with Crippen molar-refractivity contribution in [2.45, 2.75) is 26.7 Å². The zero-order valence-electron chi connectivity index (χ0n) is 14.9. The van der Waals surface area contributed by atoms with Gasteiger partial charge in [0.25, 0.3) is 5.91 Å². The largest absolute Gasteiger partial charge is 0.484 e. The zero-order chi connectivity index (χ0) is 19.1. The zero-order valence-corrected chi connectivity index (χ0v) is 15.7. The maximum atomic E-state index is 12.8. The number of benzene rings is 2. The minimum Gasteiger partial charge on any atom is -0.484 e. The summed E-state index contributed by atoms with van der Waals surface area (Å²) in [6, 6.07) is 11.5. The highest BCUT2D eigenvalue weighted by Crippen LogP contribution is 2.23. The highest BCUT2D eigenvalue weighted by molar-refractivity contribution is 7.80. The van der Waals surface area contributed by atoms with Gasteiger partial charge in [-0.2, -0.15) is 0 Å². The minimum atomic E-state index is -0.376. The van der Waals surface area contributed by atoms with Crippen molar-refractivity contribution in [1.29, 1.82) is 0 Å². The smallest absolute Gasteiger partial charge is 0.276 e. The summed E-state index contributed by atoms with van der Waals surface area (Å²) < 4.78 is 18.3. The molecule has 0 aliphatic carbocycles. The van der Waals surface area contributed by atoms with Crippen molar-refractivity contribution in [2.75, 3.05) is 11.9 Å². The van der Waals surface area contributed by atoms with Crippen molar-refractivity contribution in [3.05, 3.63) is 59.4 Å². The number of thiocarbonyl (C=S) groups is 1. The van der Waals surface area contributed by atoms with Crippen molar-refractivity contribution in [3.8, 4) is 5.75 Å². The van der Waals surface area contributed by atoms with E-state index in [-0.39, 0.29) is 23.4 Å². The van der Waals surface area contributed by atoms with E-state index in [1.807, 2.05) is 25.1 Å². The highest BCUT2D eigenvalue weighted by Gasteiger charge is 2.07. The predicted octanol–water partition coefficient (Wildman–Crippen LogP) is 3.65. The number of carbonyl (C=O) groups is 1. The van der Waals surface area contributed by atoms with Gasteiger partial charge in [0.2, 0.25) is 0 Å². The summed E-state index contributed by atoms with van der Waals surface area (Å²) in [4.78, 5) is 11.8. The molecule has 0 saturated carbocycles. The third kappa shape index (κ3) is 6.00. The van der Waals surface area contributed by atoms with Gasteiger partial charge in [-0.05, 0) is 72.6 Å². The van der Waals surface area contributed by atoms with Gasteiger partial charge in [-0.3, -0.25) is 15.6 Å². The Hall–Kier alpha value is -2.67. The van der Waals surface area contributed by atoms with Gasteiger partial charge in [-0.25, -0.2) is 4.39 Å². The quantitative estimate of drug-likeness (QED) is 0.550. The van der Waals surface area contributed by atoms with Crippen LogP contribution in [0.2, 0.25) is 0 Å². The lowest BCUT2D eigenvalue weighted by Gasteiger charge is -2.13. The third-order valence-corrected chi connectivity index (χ3v) is 3.85. The lowest BCUT2D eigenvalue weighted by atomic mass is 9.98. The fraction of sp³-hybridized carbons (Fsp3) is 0.263. The summed E-state index contributed by atoms with van der Waals surface area (Å²) in [5, 5.41) is 3.00. The number of ether oxygens (including phenoxy) is 1. The van der Waals surface area contributed by atoms with Crippen LogP contribution in [0.3, 0.4) is 0 Å². The fourth-order valence-corrected chi connectivity index (χ4v) is 2.56. The van der Waals surface area contributed by atoms with Gasteiger partial charge in [0.15, 0.2) is 11.7 Å². The number of hydrogen-bond donors (Lipinski definition) is 3. The molecule has 26 heavy (non-hydrogen) atoms. The van der Waals surface area contributed by atoms with E-state index in [1.165, 1.54) is 29.8 Å². The molecule has 2 aromatic carbocycles. The highest BCUT2D eigenvalue weighted by atomic mass is 32.1. The number of nitrogens with one attached hydrogen (secondary N) is 3. The Morgan fingerprint density at radius 2 is 1.85 bits per heavy atom. The van der Waals surface area contributed by atoms with Crippen LogP contribution >= 0.6 is 12.2 Å². The summed E-state index contributed by atoms with van der Waals surface area (Å²) in [7, 11) is 0. The molecule has 0 spiro atoms. The standard InChI is InChI=1S/C19H22FN3O2S/c1-12(2)17-9-8-16(10-13(17)3)25-11-18(24)22-23-19(26)21-15-6-4-14(20)5-7-15/h4-10,12H,11H2,1-3H3,(H,22,24)(H2,21,23,26). The number of halogens is 1. The second-order valence-corrected chi connectivity index (χ2v) is 6.50. The maximum Gasteiger partial charge on any atom is 0.276 e. The topological polar surface area (TPSA) is 62.4 Å². The second kappa shape index (κ2) is 9.15. The molecule has 7 heteroatoms. The average molecular weight is 375 g/mol. The second-order valence-electron chi connectivity index (χ2n) is 6.10. The van der Waals surface area contributed by atoms with E-state index >= 15 is 0 Å². The molecule has 5 nitrogen and oxygen atoms in total. The summed E-state index contributed by atoms with van der Waals surface area (Å²) in [6.45, 7) is 6.13. The minimum absolute atomic E-state index is 0.146. The molecule has 0 unspecified atom stereocenters. The van der Waals surface area contributed by atoms with Crippen LogP contribution in [0.1, 0.15) is 30.9 Å². The molecule has 2 aromatic rings. The molecule has 0 saturated heterocycles. The summed E-state index contributed by atoms with van der Waals surface area (Å²) in [6.07, 6.45) is 0. The first-order chi connectivity index (χ1) is 12.3. The number of hydrogen-bond acceptors (Lipinski definition) is 3. The van der Waals surface area contributed by atoms with Crippen LogP contribution in [0.15, 0.2) is 42.5 Å². The number of hydrazine groups is 1. The number of amides is 1. The van der Waals surface area contributed by atoms with Gasteiger partial charge in [0, 0.05) is 5.69 Å².